The van der Waals surface area contributed by atoms with Crippen LogP contribution in [-0.4, -0.2) is 85.5 Å². The van der Waals surface area contributed by atoms with E-state index in [0.29, 0.717) is 22.1 Å². The van der Waals surface area contributed by atoms with Crippen LogP contribution < -0.4 is 24.8 Å². The van der Waals surface area contributed by atoms with Crippen molar-refractivity contribution in [2.75, 3.05) is 54.4 Å². The summed E-state index contributed by atoms with van der Waals surface area (Å²) in [5.41, 5.74) is 0. The summed E-state index contributed by atoms with van der Waals surface area (Å²) < 4.78 is 0.716. The molecule has 19 heavy (non-hydrogen) atoms. The summed E-state index contributed by atoms with van der Waals surface area (Å²) in [6, 6.07) is 0. The van der Waals surface area contributed by atoms with Gasteiger partial charge in [-0.25, -0.2) is 9.59 Å². The molecule has 0 saturated carbocycles. The summed E-state index contributed by atoms with van der Waals surface area (Å²) in [6.45, 7) is 1.36. The Morgan fingerprint density at radius 1 is 0.789 bits per heavy atom. The maximum Gasteiger partial charge on any atom is 0.359 e. The van der Waals surface area contributed by atoms with E-state index in [1.54, 1.807) is 0 Å². The second kappa shape index (κ2) is 10.7. The molecule has 0 fully saturated rings. The molecule has 0 aliphatic rings. The molecule has 1 radical (unpaired) electrons. The first-order chi connectivity index (χ1) is 7.04. The Bertz CT molecular complexity index is 261. The molecule has 0 aliphatic heterocycles. The standard InChI is InChI=1S/C10H20N2O4.2ClH.Cu/c1-11(2,7-9(13)14)5-6-12(3,4)8-10(15)16;;;/h5-8H2,1-4H3;2*1H;. The van der Waals surface area contributed by atoms with Gasteiger partial charge in [-0.05, 0) is 0 Å². The minimum absolute atomic E-state index is 0. The van der Waals surface area contributed by atoms with Crippen molar-refractivity contribution in [1.82, 2.24) is 0 Å². The first kappa shape index (κ1) is 27.3. The number of nitrogens with zero attached hydrogens (tertiary/aromatic N) is 2. The summed E-state index contributed by atoms with van der Waals surface area (Å²) >= 11 is 0. The van der Waals surface area contributed by atoms with Crippen molar-refractivity contribution in [3.8, 4) is 0 Å². The molecular formula is C10H22Cl2CuN2O4. The van der Waals surface area contributed by atoms with E-state index < -0.39 is 11.9 Å². The van der Waals surface area contributed by atoms with Gasteiger partial charge in [0, 0.05) is 17.1 Å². The third kappa shape index (κ3) is 15.9. The summed E-state index contributed by atoms with van der Waals surface area (Å²) in [5.74, 6) is -1.68. The molecule has 6 nitrogen and oxygen atoms in total. The van der Waals surface area contributed by atoms with E-state index in [2.05, 4.69) is 0 Å². The number of carboxylic acids is 2. The van der Waals surface area contributed by atoms with E-state index in [0.717, 1.165) is 0 Å². The van der Waals surface area contributed by atoms with E-state index in [1.165, 1.54) is 0 Å². The number of likely N-dealkylation sites (N-methyl/N-ethyl adjacent to an activating group) is 2. The van der Waals surface area contributed by atoms with Crippen LogP contribution in [0.2, 0.25) is 0 Å². The van der Waals surface area contributed by atoms with Crippen LogP contribution in [0.25, 0.3) is 0 Å². The van der Waals surface area contributed by atoms with Gasteiger partial charge in [0.25, 0.3) is 0 Å². The molecule has 121 valence electrons. The molecular weight excluding hydrogens is 347 g/mol. The van der Waals surface area contributed by atoms with Crippen LogP contribution in [-0.2, 0) is 26.7 Å². The van der Waals surface area contributed by atoms with Gasteiger partial charge in [-0.2, -0.15) is 0 Å². The molecule has 0 amide bonds. The van der Waals surface area contributed by atoms with Crippen LogP contribution >= 0.6 is 0 Å². The molecule has 0 unspecified atom stereocenters. The molecule has 0 aromatic heterocycles. The van der Waals surface area contributed by atoms with Crippen LogP contribution in [0.4, 0.5) is 0 Å². The molecule has 2 N–H and O–H groups in total. The van der Waals surface area contributed by atoms with E-state index >= 15 is 0 Å². The predicted octanol–water partition coefficient (Wildman–Crippen LogP) is -6.69. The molecule has 0 heterocycles. The Hall–Kier alpha value is -0.0405. The number of halogens is 2. The molecule has 0 rings (SSSR count). The van der Waals surface area contributed by atoms with Crippen LogP contribution in [0, 0.1) is 0 Å². The second-order valence-electron chi connectivity index (χ2n) is 5.42. The summed E-state index contributed by atoms with van der Waals surface area (Å²) in [6.07, 6.45) is 0. The van der Waals surface area contributed by atoms with Gasteiger partial charge in [0.2, 0.25) is 0 Å². The maximum atomic E-state index is 10.6. The molecule has 0 saturated heterocycles. The minimum Gasteiger partial charge on any atom is -1.00 e. The summed E-state index contributed by atoms with van der Waals surface area (Å²) in [7, 11) is 7.31. The van der Waals surface area contributed by atoms with E-state index in [-0.39, 0.29) is 55.0 Å². The quantitative estimate of drug-likeness (QED) is 0.346. The van der Waals surface area contributed by atoms with Crippen molar-refractivity contribution >= 4 is 11.9 Å². The zero-order chi connectivity index (χ0) is 13.0. The van der Waals surface area contributed by atoms with Gasteiger partial charge in [-0.15, -0.1) is 0 Å². The van der Waals surface area contributed by atoms with Crippen molar-refractivity contribution in [2.24, 2.45) is 0 Å². The topological polar surface area (TPSA) is 74.6 Å². The van der Waals surface area contributed by atoms with Crippen molar-refractivity contribution in [3.63, 3.8) is 0 Å². The number of hydrogen-bond donors (Lipinski definition) is 2. The van der Waals surface area contributed by atoms with Gasteiger partial charge in [-0.3, -0.25) is 0 Å². The molecule has 0 bridgehead atoms. The van der Waals surface area contributed by atoms with Crippen LogP contribution in [0.15, 0.2) is 0 Å². The summed E-state index contributed by atoms with van der Waals surface area (Å²) in [4.78, 5) is 21.2. The number of carbonyl (C=O) groups is 2. The molecule has 0 aromatic rings. The van der Waals surface area contributed by atoms with E-state index in [1.807, 2.05) is 28.2 Å². The monoisotopic (exact) mass is 367 g/mol. The number of aliphatic carboxylic acids is 2. The first-order valence-electron chi connectivity index (χ1n) is 5.12. The Morgan fingerprint density at radius 3 is 1.16 bits per heavy atom. The van der Waals surface area contributed by atoms with Crippen molar-refractivity contribution in [3.05, 3.63) is 0 Å². The van der Waals surface area contributed by atoms with Gasteiger partial charge in [-0.1, -0.05) is 0 Å². The largest absolute Gasteiger partial charge is 1.00 e. The average Bonchev–Trinajstić information content (AvgIpc) is 1.96. The molecule has 0 spiro atoms. The Kier molecular flexibility index (Phi) is 15.4. The van der Waals surface area contributed by atoms with Gasteiger partial charge in [0.15, 0.2) is 13.1 Å². The van der Waals surface area contributed by atoms with Gasteiger partial charge in [0.05, 0.1) is 28.2 Å². The maximum absolute atomic E-state index is 10.6. The third-order valence-electron chi connectivity index (χ3n) is 2.44. The molecule has 0 aliphatic carbocycles. The fourth-order valence-electron chi connectivity index (χ4n) is 1.43. The molecule has 0 aromatic carbocycles. The Labute approximate surface area is 137 Å². The normalized spacial score (nSPS) is 10.5. The average molecular weight is 369 g/mol. The molecule has 9 heteroatoms. The van der Waals surface area contributed by atoms with Gasteiger partial charge >= 0.3 is 11.9 Å². The van der Waals surface area contributed by atoms with Crippen LogP contribution in [0.1, 0.15) is 0 Å². The zero-order valence-corrected chi connectivity index (χ0v) is 13.9. The van der Waals surface area contributed by atoms with Crippen molar-refractivity contribution in [2.45, 2.75) is 0 Å². The fourth-order valence-corrected chi connectivity index (χ4v) is 1.43. The first-order valence-corrected chi connectivity index (χ1v) is 5.12. The van der Waals surface area contributed by atoms with Crippen LogP contribution in [0.5, 0.6) is 0 Å². The van der Waals surface area contributed by atoms with Crippen molar-refractivity contribution < 1.29 is 70.7 Å². The Balaban J connectivity index is -0.000000375. The van der Waals surface area contributed by atoms with Gasteiger partial charge < -0.3 is 44.0 Å². The minimum atomic E-state index is -0.839. The number of rotatable bonds is 7. The van der Waals surface area contributed by atoms with Crippen molar-refractivity contribution in [1.29, 1.82) is 0 Å². The number of quaternary nitrogens is 2. The fraction of sp³-hybridized carbons (Fsp3) is 0.800. The van der Waals surface area contributed by atoms with Crippen LogP contribution in [0.3, 0.4) is 0 Å². The predicted molar refractivity (Wildman–Crippen MR) is 59.0 cm³/mol. The zero-order valence-electron chi connectivity index (χ0n) is 11.5. The second-order valence-corrected chi connectivity index (χ2v) is 5.42. The summed E-state index contributed by atoms with van der Waals surface area (Å²) in [5, 5.41) is 17.4. The van der Waals surface area contributed by atoms with E-state index in [4.69, 9.17) is 10.2 Å². The molecule has 0 atom stereocenters. The Morgan fingerprint density at radius 2 is 1.00 bits per heavy atom. The number of hydrogen-bond acceptors (Lipinski definition) is 2. The van der Waals surface area contributed by atoms with E-state index in [9.17, 15) is 9.59 Å². The van der Waals surface area contributed by atoms with Gasteiger partial charge in [0.1, 0.15) is 13.1 Å². The SMILES string of the molecule is C[N+](C)(CC[N+](C)(C)CC(=O)O)CC(=O)O.[Cl-].[Cl-].[Cu]. The third-order valence-corrected chi connectivity index (χ3v) is 2.44. The smallest absolute Gasteiger partial charge is 0.359 e. The number of carboxylic acid groups (broad SMARTS) is 2.